The summed E-state index contributed by atoms with van der Waals surface area (Å²) in [5.74, 6) is -2.46. The summed E-state index contributed by atoms with van der Waals surface area (Å²) < 4.78 is 0. The zero-order valence-corrected chi connectivity index (χ0v) is 13.1. The lowest BCUT2D eigenvalue weighted by Gasteiger charge is -1.98. The molecule has 1 aromatic carbocycles. The van der Waals surface area contributed by atoms with Crippen molar-refractivity contribution in [3.05, 3.63) is 35.4 Å². The van der Waals surface area contributed by atoms with E-state index in [-0.39, 0.29) is 11.1 Å². The van der Waals surface area contributed by atoms with Gasteiger partial charge in [-0.1, -0.05) is 57.6 Å². The number of aliphatic hydroxyl groups excluding tert-OH is 1. The largest absolute Gasteiger partial charge is 0.478 e. The molecule has 0 aliphatic carbocycles. The second-order valence-electron chi connectivity index (χ2n) is 5.00. The molecule has 3 N–H and O–H groups in total. The number of aromatic carboxylic acids is 2. The number of hydrogen-bond acceptors (Lipinski definition) is 3. The van der Waals surface area contributed by atoms with Gasteiger partial charge in [-0.2, -0.15) is 0 Å². The Morgan fingerprint density at radius 2 is 1.23 bits per heavy atom. The molecule has 1 rings (SSSR count). The minimum absolute atomic E-state index is 0.190. The molecule has 0 heterocycles. The molecule has 5 heteroatoms. The molecule has 0 radical (unpaired) electrons. The van der Waals surface area contributed by atoms with E-state index in [0.717, 1.165) is 6.42 Å². The second-order valence-corrected chi connectivity index (χ2v) is 5.00. The Bertz CT molecular complexity index is 401. The fourth-order valence-electron chi connectivity index (χ4n) is 1.93. The van der Waals surface area contributed by atoms with Crippen molar-refractivity contribution in [3.63, 3.8) is 0 Å². The number of unbranched alkanes of at least 4 members (excludes halogenated alkanes) is 6. The van der Waals surface area contributed by atoms with E-state index in [0.29, 0.717) is 6.61 Å². The van der Waals surface area contributed by atoms with E-state index in [9.17, 15) is 9.59 Å². The topological polar surface area (TPSA) is 94.8 Å². The number of carboxylic acids is 2. The first-order valence-electron chi connectivity index (χ1n) is 7.71. The lowest BCUT2D eigenvalue weighted by Crippen LogP contribution is -2.06. The van der Waals surface area contributed by atoms with Crippen LogP contribution in [-0.4, -0.2) is 33.9 Å². The first-order chi connectivity index (χ1) is 10.5. The maximum Gasteiger partial charge on any atom is 0.336 e. The molecule has 0 aliphatic heterocycles. The normalized spacial score (nSPS) is 9.73. The van der Waals surface area contributed by atoms with Gasteiger partial charge in [0, 0.05) is 6.61 Å². The van der Waals surface area contributed by atoms with Crippen molar-refractivity contribution in [2.24, 2.45) is 0 Å². The molecule has 0 amide bonds. The number of carboxylic acid groups (broad SMARTS) is 2. The van der Waals surface area contributed by atoms with E-state index in [1.807, 2.05) is 0 Å². The number of rotatable bonds is 9. The van der Waals surface area contributed by atoms with Gasteiger partial charge in [-0.25, -0.2) is 9.59 Å². The van der Waals surface area contributed by atoms with Crippen LogP contribution in [0.4, 0.5) is 0 Å². The summed E-state index contributed by atoms with van der Waals surface area (Å²) in [5.41, 5.74) is -0.380. The van der Waals surface area contributed by atoms with E-state index in [4.69, 9.17) is 15.3 Å². The van der Waals surface area contributed by atoms with Crippen molar-refractivity contribution in [1.82, 2.24) is 0 Å². The van der Waals surface area contributed by atoms with Gasteiger partial charge in [-0.15, -0.1) is 0 Å². The number of hydrogen-bond donors (Lipinski definition) is 3. The highest BCUT2D eigenvalue weighted by molar-refractivity contribution is 6.01. The predicted molar refractivity (Wildman–Crippen MR) is 85.4 cm³/mol. The molecule has 0 unspecified atom stereocenters. The Hall–Kier alpha value is -1.88. The molecule has 0 aromatic heterocycles. The lowest BCUT2D eigenvalue weighted by molar-refractivity contribution is 0.0651. The molecule has 22 heavy (non-hydrogen) atoms. The van der Waals surface area contributed by atoms with Gasteiger partial charge >= 0.3 is 11.9 Å². The zero-order chi connectivity index (χ0) is 16.8. The third-order valence-corrected chi connectivity index (χ3v) is 3.15. The van der Waals surface area contributed by atoms with Crippen LogP contribution in [0.15, 0.2) is 24.3 Å². The highest BCUT2D eigenvalue weighted by atomic mass is 16.4. The first-order valence-corrected chi connectivity index (χ1v) is 7.71. The molecular weight excluding hydrogens is 284 g/mol. The van der Waals surface area contributed by atoms with Gasteiger partial charge in [-0.3, -0.25) is 0 Å². The molecule has 0 atom stereocenters. The summed E-state index contributed by atoms with van der Waals surface area (Å²) in [5, 5.41) is 25.6. The molecule has 0 saturated heterocycles. The molecule has 0 saturated carbocycles. The van der Waals surface area contributed by atoms with Crippen LogP contribution in [0.2, 0.25) is 0 Å². The van der Waals surface area contributed by atoms with Crippen LogP contribution in [0.1, 0.15) is 72.6 Å². The van der Waals surface area contributed by atoms with Gasteiger partial charge in [0.05, 0.1) is 11.1 Å². The van der Waals surface area contributed by atoms with Crippen LogP contribution in [0, 0.1) is 0 Å². The Kier molecular flexibility index (Phi) is 11.7. The fraction of sp³-hybridized carbons (Fsp3) is 0.529. The molecule has 0 aliphatic rings. The van der Waals surface area contributed by atoms with Crippen LogP contribution in [0.3, 0.4) is 0 Å². The number of benzene rings is 1. The van der Waals surface area contributed by atoms with E-state index in [1.54, 1.807) is 0 Å². The lowest BCUT2D eigenvalue weighted by atomic mass is 10.1. The van der Waals surface area contributed by atoms with E-state index in [1.165, 1.54) is 62.8 Å². The highest BCUT2D eigenvalue weighted by Crippen LogP contribution is 2.08. The number of aliphatic hydroxyl groups is 1. The highest BCUT2D eigenvalue weighted by Gasteiger charge is 2.13. The van der Waals surface area contributed by atoms with E-state index >= 15 is 0 Å². The monoisotopic (exact) mass is 310 g/mol. The number of carbonyl (C=O) groups is 2. The van der Waals surface area contributed by atoms with Crippen molar-refractivity contribution in [1.29, 1.82) is 0 Å². The van der Waals surface area contributed by atoms with Crippen LogP contribution in [0.25, 0.3) is 0 Å². The van der Waals surface area contributed by atoms with Crippen molar-refractivity contribution in [2.45, 2.75) is 51.9 Å². The van der Waals surface area contributed by atoms with Crippen LogP contribution in [-0.2, 0) is 0 Å². The maximum absolute atomic E-state index is 10.5. The van der Waals surface area contributed by atoms with Crippen molar-refractivity contribution < 1.29 is 24.9 Å². The standard InChI is InChI=1S/C9H20O.C8H6O4/c1-2-3-4-5-6-7-8-9-10;9-7(10)5-3-1-2-4-6(5)8(11)12/h10H,2-9H2,1H3;1-4H,(H,9,10)(H,11,12). The van der Waals surface area contributed by atoms with Gasteiger partial charge < -0.3 is 15.3 Å². The third-order valence-electron chi connectivity index (χ3n) is 3.15. The third kappa shape index (κ3) is 9.13. The average Bonchev–Trinajstić information content (AvgIpc) is 2.51. The van der Waals surface area contributed by atoms with Crippen LogP contribution >= 0.6 is 0 Å². The molecule has 0 fully saturated rings. The van der Waals surface area contributed by atoms with Gasteiger partial charge in [0.1, 0.15) is 0 Å². The van der Waals surface area contributed by atoms with Gasteiger partial charge in [0.2, 0.25) is 0 Å². The Balaban J connectivity index is 0.000000409. The molecule has 124 valence electrons. The average molecular weight is 310 g/mol. The molecular formula is C17H26O5. The molecule has 5 nitrogen and oxygen atoms in total. The Morgan fingerprint density at radius 1 is 0.818 bits per heavy atom. The van der Waals surface area contributed by atoms with E-state index in [2.05, 4.69) is 6.92 Å². The van der Waals surface area contributed by atoms with Crippen molar-refractivity contribution >= 4 is 11.9 Å². The summed E-state index contributed by atoms with van der Waals surface area (Å²) >= 11 is 0. The SMILES string of the molecule is CCCCCCCCCO.O=C(O)c1ccccc1C(=O)O. The quantitative estimate of drug-likeness (QED) is 0.603. The molecule has 1 aromatic rings. The van der Waals surface area contributed by atoms with Crippen LogP contribution < -0.4 is 0 Å². The molecule has 0 bridgehead atoms. The Labute approximate surface area is 131 Å². The van der Waals surface area contributed by atoms with E-state index < -0.39 is 11.9 Å². The first kappa shape index (κ1) is 20.1. The molecule has 0 spiro atoms. The van der Waals surface area contributed by atoms with Crippen molar-refractivity contribution in [2.75, 3.05) is 6.61 Å². The van der Waals surface area contributed by atoms with Gasteiger partial charge in [0.25, 0.3) is 0 Å². The minimum Gasteiger partial charge on any atom is -0.478 e. The summed E-state index contributed by atoms with van der Waals surface area (Å²) in [6.45, 7) is 2.60. The Morgan fingerprint density at radius 3 is 1.59 bits per heavy atom. The van der Waals surface area contributed by atoms with Gasteiger partial charge in [0.15, 0.2) is 0 Å². The smallest absolute Gasteiger partial charge is 0.336 e. The summed E-state index contributed by atoms with van der Waals surface area (Å²) in [4.78, 5) is 20.9. The second kappa shape index (κ2) is 12.8. The van der Waals surface area contributed by atoms with Gasteiger partial charge in [-0.05, 0) is 18.6 Å². The maximum atomic E-state index is 10.5. The predicted octanol–water partition coefficient (Wildman–Crippen LogP) is 3.81. The minimum atomic E-state index is -1.23. The van der Waals surface area contributed by atoms with Crippen LogP contribution in [0.5, 0.6) is 0 Å². The summed E-state index contributed by atoms with van der Waals surface area (Å²) in [6, 6.07) is 5.48. The summed E-state index contributed by atoms with van der Waals surface area (Å²) in [7, 11) is 0. The fourth-order valence-corrected chi connectivity index (χ4v) is 1.93. The zero-order valence-electron chi connectivity index (χ0n) is 13.1. The summed E-state index contributed by atoms with van der Waals surface area (Å²) in [6.07, 6.45) is 8.93. The van der Waals surface area contributed by atoms with Crippen molar-refractivity contribution in [3.8, 4) is 0 Å².